The first-order valence-corrected chi connectivity index (χ1v) is 8.74. The summed E-state index contributed by atoms with van der Waals surface area (Å²) in [4.78, 5) is 50.7. The van der Waals surface area contributed by atoms with Gasteiger partial charge in [0.15, 0.2) is 6.61 Å². The Morgan fingerprint density at radius 2 is 1.80 bits per heavy atom. The van der Waals surface area contributed by atoms with E-state index in [4.69, 9.17) is 4.74 Å². The normalized spacial score (nSPS) is 25.8. The molecule has 4 amide bonds. The zero-order valence-corrected chi connectivity index (χ0v) is 15.3. The van der Waals surface area contributed by atoms with Gasteiger partial charge < -0.3 is 15.0 Å². The number of imide groups is 1. The number of hydrogen-bond acceptors (Lipinski definition) is 5. The molecule has 2 rings (SSSR count). The van der Waals surface area contributed by atoms with Crippen molar-refractivity contribution in [1.82, 2.24) is 15.1 Å². The van der Waals surface area contributed by atoms with Crippen molar-refractivity contribution in [2.75, 3.05) is 13.2 Å². The third-order valence-electron chi connectivity index (χ3n) is 4.82. The summed E-state index contributed by atoms with van der Waals surface area (Å²) in [6.07, 6.45) is 2.86. The van der Waals surface area contributed by atoms with E-state index in [0.29, 0.717) is 0 Å². The summed E-state index contributed by atoms with van der Waals surface area (Å²) in [5.74, 6) is -1.18. The lowest BCUT2D eigenvalue weighted by Crippen LogP contribution is -2.49. The van der Waals surface area contributed by atoms with Gasteiger partial charge in [-0.25, -0.2) is 4.79 Å². The molecule has 0 aromatic heterocycles. The number of piperidine rings is 1. The Morgan fingerprint density at radius 1 is 1.20 bits per heavy atom. The van der Waals surface area contributed by atoms with Crippen LogP contribution in [-0.4, -0.2) is 64.4 Å². The Kier molecular flexibility index (Phi) is 5.69. The van der Waals surface area contributed by atoms with Crippen LogP contribution in [0.4, 0.5) is 4.79 Å². The van der Waals surface area contributed by atoms with Gasteiger partial charge in [-0.2, -0.15) is 0 Å². The van der Waals surface area contributed by atoms with Crippen molar-refractivity contribution < 1.29 is 23.9 Å². The minimum atomic E-state index is -0.961. The third kappa shape index (κ3) is 4.29. The number of nitrogens with one attached hydrogen (secondary N) is 1. The van der Waals surface area contributed by atoms with Crippen molar-refractivity contribution in [2.45, 2.75) is 71.0 Å². The fraction of sp³-hybridized carbons (Fsp3) is 0.765. The van der Waals surface area contributed by atoms with Gasteiger partial charge >= 0.3 is 12.0 Å². The average Bonchev–Trinajstić information content (AvgIpc) is 2.71. The molecule has 0 unspecified atom stereocenters. The Balaban J connectivity index is 1.78. The molecule has 0 aromatic rings. The Labute approximate surface area is 147 Å². The largest absolute Gasteiger partial charge is 0.456 e. The van der Waals surface area contributed by atoms with E-state index in [9.17, 15) is 19.2 Å². The van der Waals surface area contributed by atoms with E-state index >= 15 is 0 Å². The quantitative estimate of drug-likeness (QED) is 0.588. The summed E-state index contributed by atoms with van der Waals surface area (Å²) >= 11 is 0. The molecule has 8 nitrogen and oxygen atoms in total. The number of ether oxygens (including phenoxy) is 1. The average molecular weight is 353 g/mol. The number of amides is 4. The van der Waals surface area contributed by atoms with Gasteiger partial charge in [0.05, 0.1) is 6.42 Å². The number of nitrogens with zero attached hydrogens (tertiary/aromatic N) is 2. The van der Waals surface area contributed by atoms with E-state index in [1.165, 1.54) is 0 Å². The second-order valence-electron chi connectivity index (χ2n) is 7.35. The fourth-order valence-corrected chi connectivity index (χ4v) is 3.43. The van der Waals surface area contributed by atoms with Gasteiger partial charge in [-0.15, -0.1) is 0 Å². The smallest absolute Gasteiger partial charge is 0.325 e. The summed E-state index contributed by atoms with van der Waals surface area (Å²) in [5.41, 5.74) is -0.961. The van der Waals surface area contributed by atoms with E-state index in [-0.39, 0.29) is 43.5 Å². The Morgan fingerprint density at radius 3 is 2.32 bits per heavy atom. The first-order chi connectivity index (χ1) is 11.6. The summed E-state index contributed by atoms with van der Waals surface area (Å²) < 4.78 is 5.04. The molecule has 0 aromatic carbocycles. The number of carbonyl (C=O) groups excluding carboxylic acids is 4. The number of rotatable bonds is 5. The van der Waals surface area contributed by atoms with Gasteiger partial charge in [-0.05, 0) is 47.0 Å². The molecule has 0 aliphatic carbocycles. The highest BCUT2D eigenvalue weighted by atomic mass is 16.5. The molecule has 8 heteroatoms. The predicted octanol–water partition coefficient (Wildman–Crippen LogP) is 1.04. The topological polar surface area (TPSA) is 96.0 Å². The molecule has 2 heterocycles. The number of urea groups is 1. The van der Waals surface area contributed by atoms with E-state index in [1.54, 1.807) is 18.7 Å². The molecule has 2 aliphatic rings. The van der Waals surface area contributed by atoms with Gasteiger partial charge in [0.1, 0.15) is 5.54 Å². The van der Waals surface area contributed by atoms with Crippen molar-refractivity contribution in [3.8, 4) is 0 Å². The first kappa shape index (κ1) is 19.2. The summed E-state index contributed by atoms with van der Waals surface area (Å²) in [6, 6.07) is -0.235. The van der Waals surface area contributed by atoms with Gasteiger partial charge in [-0.1, -0.05) is 0 Å². The van der Waals surface area contributed by atoms with Gasteiger partial charge in [0, 0.05) is 18.6 Å². The van der Waals surface area contributed by atoms with Crippen LogP contribution in [0.2, 0.25) is 0 Å². The number of esters is 1. The van der Waals surface area contributed by atoms with Gasteiger partial charge in [0.25, 0.3) is 11.8 Å². The van der Waals surface area contributed by atoms with Crippen LogP contribution in [0.15, 0.2) is 0 Å². The maximum absolute atomic E-state index is 12.3. The first-order valence-electron chi connectivity index (χ1n) is 8.74. The van der Waals surface area contributed by atoms with Gasteiger partial charge in [0.2, 0.25) is 0 Å². The van der Waals surface area contributed by atoms with Crippen LogP contribution >= 0.6 is 0 Å². The molecule has 0 bridgehead atoms. The standard InChI is InChI=1S/C17H27N3O5/c1-11-6-5-7-12(2)20(11)13(21)10-25-14(22)8-9-19-15(23)17(3,4)18-16(19)24/h11-12H,5-10H2,1-4H3,(H,18,24)/t11-,12-/m0/s1. The van der Waals surface area contributed by atoms with E-state index in [0.717, 1.165) is 24.2 Å². The number of likely N-dealkylation sites (tertiary alicyclic amines) is 1. The lowest BCUT2D eigenvalue weighted by Gasteiger charge is -2.38. The highest BCUT2D eigenvalue weighted by molar-refractivity contribution is 6.06. The van der Waals surface area contributed by atoms with Crippen LogP contribution < -0.4 is 5.32 Å². The van der Waals surface area contributed by atoms with Crippen LogP contribution in [0.1, 0.15) is 53.4 Å². The molecular formula is C17H27N3O5. The SMILES string of the molecule is C[C@H]1CCC[C@H](C)N1C(=O)COC(=O)CCN1C(=O)NC(C)(C)C1=O. The lowest BCUT2D eigenvalue weighted by molar-refractivity contribution is -0.155. The van der Waals surface area contributed by atoms with Crippen LogP contribution in [0.25, 0.3) is 0 Å². The Hall–Kier alpha value is -2.12. The number of carbonyl (C=O) groups is 4. The zero-order chi connectivity index (χ0) is 18.8. The molecular weight excluding hydrogens is 326 g/mol. The summed E-state index contributed by atoms with van der Waals surface area (Å²) in [6.45, 7) is 6.83. The molecule has 0 radical (unpaired) electrons. The molecule has 0 spiro atoms. The molecule has 2 aliphatic heterocycles. The van der Waals surface area contributed by atoms with Crippen molar-refractivity contribution in [1.29, 1.82) is 0 Å². The van der Waals surface area contributed by atoms with Crippen LogP contribution in [-0.2, 0) is 19.1 Å². The number of hydrogen-bond donors (Lipinski definition) is 1. The van der Waals surface area contributed by atoms with Crippen LogP contribution in [0.3, 0.4) is 0 Å². The second-order valence-corrected chi connectivity index (χ2v) is 7.35. The monoisotopic (exact) mass is 353 g/mol. The molecule has 140 valence electrons. The minimum Gasteiger partial charge on any atom is -0.456 e. The molecule has 2 fully saturated rings. The van der Waals surface area contributed by atoms with Crippen molar-refractivity contribution >= 4 is 23.8 Å². The second kappa shape index (κ2) is 7.41. The maximum Gasteiger partial charge on any atom is 0.325 e. The summed E-state index contributed by atoms with van der Waals surface area (Å²) in [5, 5.41) is 2.54. The maximum atomic E-state index is 12.3. The van der Waals surface area contributed by atoms with Crippen LogP contribution in [0.5, 0.6) is 0 Å². The molecule has 2 saturated heterocycles. The fourth-order valence-electron chi connectivity index (χ4n) is 3.43. The van der Waals surface area contributed by atoms with E-state index in [2.05, 4.69) is 5.32 Å². The minimum absolute atomic E-state index is 0.0579. The molecule has 0 saturated carbocycles. The Bertz CT molecular complexity index is 565. The molecule has 2 atom stereocenters. The van der Waals surface area contributed by atoms with E-state index < -0.39 is 17.5 Å². The van der Waals surface area contributed by atoms with E-state index in [1.807, 2.05) is 13.8 Å². The molecule has 25 heavy (non-hydrogen) atoms. The highest BCUT2D eigenvalue weighted by Gasteiger charge is 2.44. The highest BCUT2D eigenvalue weighted by Crippen LogP contribution is 2.22. The van der Waals surface area contributed by atoms with Crippen LogP contribution in [0, 0.1) is 0 Å². The van der Waals surface area contributed by atoms with Crippen molar-refractivity contribution in [2.24, 2.45) is 0 Å². The van der Waals surface area contributed by atoms with Crippen molar-refractivity contribution in [3.05, 3.63) is 0 Å². The molecule has 1 N–H and O–H groups in total. The zero-order valence-electron chi connectivity index (χ0n) is 15.3. The van der Waals surface area contributed by atoms with Gasteiger partial charge in [-0.3, -0.25) is 19.3 Å². The third-order valence-corrected chi connectivity index (χ3v) is 4.82. The van der Waals surface area contributed by atoms with Crippen molar-refractivity contribution in [3.63, 3.8) is 0 Å². The predicted molar refractivity (Wildman–Crippen MR) is 89.5 cm³/mol. The lowest BCUT2D eigenvalue weighted by atomic mass is 9.97. The summed E-state index contributed by atoms with van der Waals surface area (Å²) in [7, 11) is 0.